The lowest BCUT2D eigenvalue weighted by molar-refractivity contribution is 0.318. The van der Waals surface area contributed by atoms with E-state index in [1.165, 1.54) is 25.7 Å². The monoisotopic (exact) mass is 274 g/mol. The first-order valence-electron chi connectivity index (χ1n) is 7.32. The molecule has 2 aliphatic carbocycles. The van der Waals surface area contributed by atoms with Gasteiger partial charge in [-0.05, 0) is 43.1 Å². The maximum absolute atomic E-state index is 8.89. The summed E-state index contributed by atoms with van der Waals surface area (Å²) in [4.78, 5) is 6.37. The number of oxime groups is 1. The Balaban J connectivity index is 1.75. The average molecular weight is 274 g/mol. The average Bonchev–Trinajstić information content (AvgIpc) is 3.09. The molecule has 2 saturated carbocycles. The van der Waals surface area contributed by atoms with Crippen LogP contribution in [0.2, 0.25) is 0 Å². The summed E-state index contributed by atoms with van der Waals surface area (Å²) in [5, 5.41) is 12.0. The molecule has 1 aromatic rings. The highest BCUT2D eigenvalue weighted by Gasteiger charge is 2.39. The number of aromatic nitrogens is 1. The van der Waals surface area contributed by atoms with Crippen molar-refractivity contribution in [2.75, 3.05) is 18.5 Å². The van der Waals surface area contributed by atoms with Crippen LogP contribution in [0, 0.1) is 17.8 Å². The molecule has 2 bridgehead atoms. The Morgan fingerprint density at radius 1 is 1.50 bits per heavy atom. The molecule has 5 heteroatoms. The molecule has 3 atom stereocenters. The fourth-order valence-electron chi connectivity index (χ4n) is 4.01. The maximum atomic E-state index is 8.89. The van der Waals surface area contributed by atoms with Crippen LogP contribution in [0.15, 0.2) is 23.6 Å². The first-order valence-corrected chi connectivity index (χ1v) is 7.32. The Morgan fingerprint density at radius 2 is 2.35 bits per heavy atom. The smallest absolute Gasteiger partial charge is 0.172 e. The van der Waals surface area contributed by atoms with Crippen molar-refractivity contribution in [3.63, 3.8) is 0 Å². The fraction of sp³-hybridized carbons (Fsp3) is 0.600. The summed E-state index contributed by atoms with van der Waals surface area (Å²) >= 11 is 0. The molecule has 0 radical (unpaired) electrons. The number of nitrogens with two attached hydrogens (primary N) is 1. The van der Waals surface area contributed by atoms with Crippen molar-refractivity contribution in [3.05, 3.63) is 24.0 Å². The van der Waals surface area contributed by atoms with E-state index in [4.69, 9.17) is 10.9 Å². The second-order valence-electron chi connectivity index (χ2n) is 6.19. The molecule has 0 aromatic carbocycles. The van der Waals surface area contributed by atoms with Crippen LogP contribution in [0.25, 0.3) is 0 Å². The number of anilines is 1. The molecule has 3 rings (SSSR count). The molecule has 108 valence electrons. The third kappa shape index (κ3) is 2.32. The van der Waals surface area contributed by atoms with Crippen LogP contribution in [0.5, 0.6) is 0 Å². The Labute approximate surface area is 119 Å². The summed E-state index contributed by atoms with van der Waals surface area (Å²) in [6.07, 6.45) is 9.05. The van der Waals surface area contributed by atoms with Gasteiger partial charge in [-0.3, -0.25) is 4.98 Å². The van der Waals surface area contributed by atoms with Crippen LogP contribution in [0.3, 0.4) is 0 Å². The minimum Gasteiger partial charge on any atom is -0.409 e. The summed E-state index contributed by atoms with van der Waals surface area (Å²) in [5.41, 5.74) is 7.43. The van der Waals surface area contributed by atoms with Gasteiger partial charge in [0, 0.05) is 25.4 Å². The second-order valence-corrected chi connectivity index (χ2v) is 6.19. The lowest BCUT2D eigenvalue weighted by atomic mass is 9.88. The zero-order valence-electron chi connectivity index (χ0n) is 11.9. The molecular formula is C15H22N4O. The highest BCUT2D eigenvalue weighted by molar-refractivity contribution is 6.01. The molecule has 3 N–H and O–H groups in total. The molecule has 20 heavy (non-hydrogen) atoms. The Kier molecular flexibility index (Phi) is 3.51. The topological polar surface area (TPSA) is 74.7 Å². The van der Waals surface area contributed by atoms with E-state index in [1.54, 1.807) is 18.5 Å². The van der Waals surface area contributed by atoms with E-state index < -0.39 is 0 Å². The predicted molar refractivity (Wildman–Crippen MR) is 79.0 cm³/mol. The molecule has 3 unspecified atom stereocenters. The minimum absolute atomic E-state index is 0.141. The number of hydrogen-bond acceptors (Lipinski definition) is 4. The third-order valence-corrected chi connectivity index (χ3v) is 4.99. The zero-order valence-corrected chi connectivity index (χ0v) is 11.9. The lowest BCUT2D eigenvalue weighted by Crippen LogP contribution is -2.30. The van der Waals surface area contributed by atoms with Gasteiger partial charge in [-0.25, -0.2) is 0 Å². The van der Waals surface area contributed by atoms with E-state index in [0.717, 1.165) is 35.5 Å². The number of rotatable bonds is 4. The van der Waals surface area contributed by atoms with Crippen molar-refractivity contribution in [1.29, 1.82) is 0 Å². The fourth-order valence-corrected chi connectivity index (χ4v) is 4.01. The number of hydrogen-bond donors (Lipinski definition) is 2. The van der Waals surface area contributed by atoms with Crippen molar-refractivity contribution in [1.82, 2.24) is 4.98 Å². The van der Waals surface area contributed by atoms with Crippen molar-refractivity contribution in [2.45, 2.75) is 25.7 Å². The third-order valence-electron chi connectivity index (χ3n) is 4.99. The van der Waals surface area contributed by atoms with Gasteiger partial charge in [-0.1, -0.05) is 11.6 Å². The molecule has 1 aromatic heterocycles. The normalized spacial score (nSPS) is 28.9. The van der Waals surface area contributed by atoms with Gasteiger partial charge in [0.25, 0.3) is 0 Å². The van der Waals surface area contributed by atoms with Crippen LogP contribution >= 0.6 is 0 Å². The Hall–Kier alpha value is -1.78. The van der Waals surface area contributed by atoms with E-state index in [-0.39, 0.29) is 5.84 Å². The summed E-state index contributed by atoms with van der Waals surface area (Å²) in [5.74, 6) is 2.77. The summed E-state index contributed by atoms with van der Waals surface area (Å²) < 4.78 is 0. The van der Waals surface area contributed by atoms with Gasteiger partial charge >= 0.3 is 0 Å². The van der Waals surface area contributed by atoms with Crippen LogP contribution in [-0.2, 0) is 0 Å². The highest BCUT2D eigenvalue weighted by Crippen LogP contribution is 2.48. The van der Waals surface area contributed by atoms with Gasteiger partial charge in [-0.2, -0.15) is 0 Å². The zero-order chi connectivity index (χ0) is 14.1. The van der Waals surface area contributed by atoms with Gasteiger partial charge < -0.3 is 15.8 Å². The first kappa shape index (κ1) is 13.2. The van der Waals surface area contributed by atoms with Crippen LogP contribution < -0.4 is 10.6 Å². The van der Waals surface area contributed by atoms with Crippen LogP contribution in [0.1, 0.15) is 31.2 Å². The molecule has 2 fully saturated rings. The number of amidine groups is 1. The van der Waals surface area contributed by atoms with Crippen molar-refractivity contribution < 1.29 is 5.21 Å². The number of pyridine rings is 1. The summed E-state index contributed by atoms with van der Waals surface area (Å²) in [6, 6.07) is 1.79. The van der Waals surface area contributed by atoms with E-state index in [2.05, 4.69) is 22.1 Å². The first-order chi connectivity index (χ1) is 9.69. The highest BCUT2D eigenvalue weighted by atomic mass is 16.4. The van der Waals surface area contributed by atoms with Gasteiger partial charge in [-0.15, -0.1) is 0 Å². The quantitative estimate of drug-likeness (QED) is 0.381. The van der Waals surface area contributed by atoms with E-state index in [1.807, 2.05) is 0 Å². The predicted octanol–water partition coefficient (Wildman–Crippen LogP) is 2.05. The van der Waals surface area contributed by atoms with Crippen molar-refractivity contribution in [3.8, 4) is 0 Å². The van der Waals surface area contributed by atoms with Gasteiger partial charge in [0.1, 0.15) is 0 Å². The SMILES string of the molecule is CN(CC1CC2CCC1C2)c1cnccc1/C(N)=N/O. The molecule has 0 saturated heterocycles. The van der Waals surface area contributed by atoms with Crippen LogP contribution in [0.4, 0.5) is 5.69 Å². The van der Waals surface area contributed by atoms with Crippen molar-refractivity contribution in [2.24, 2.45) is 28.6 Å². The Bertz CT molecular complexity index is 516. The maximum Gasteiger partial charge on any atom is 0.172 e. The molecule has 0 aliphatic heterocycles. The number of nitrogens with zero attached hydrogens (tertiary/aromatic N) is 3. The Morgan fingerprint density at radius 3 is 3.00 bits per heavy atom. The second kappa shape index (κ2) is 5.31. The standard InChI is InChI=1S/C15H22N4O/c1-19(9-12-7-10-2-3-11(12)6-10)14-8-17-5-4-13(14)15(16)18-20/h4-5,8,10-12,20H,2-3,6-7,9H2,1H3,(H2,16,18). The minimum atomic E-state index is 0.141. The summed E-state index contributed by atoms with van der Waals surface area (Å²) in [7, 11) is 2.07. The van der Waals surface area contributed by atoms with Crippen molar-refractivity contribution >= 4 is 11.5 Å². The molecule has 1 heterocycles. The lowest BCUT2D eigenvalue weighted by Gasteiger charge is -2.29. The molecule has 5 nitrogen and oxygen atoms in total. The number of fused-ring (bicyclic) bond motifs is 2. The van der Waals surface area contributed by atoms with E-state index >= 15 is 0 Å². The molecular weight excluding hydrogens is 252 g/mol. The van der Waals surface area contributed by atoms with E-state index in [0.29, 0.717) is 0 Å². The van der Waals surface area contributed by atoms with Gasteiger partial charge in [0.2, 0.25) is 0 Å². The van der Waals surface area contributed by atoms with E-state index in [9.17, 15) is 0 Å². The molecule has 0 spiro atoms. The summed E-state index contributed by atoms with van der Waals surface area (Å²) in [6.45, 7) is 1.03. The largest absolute Gasteiger partial charge is 0.409 e. The molecule has 0 amide bonds. The molecule has 2 aliphatic rings. The van der Waals surface area contributed by atoms with Gasteiger partial charge in [0.05, 0.1) is 11.9 Å². The van der Waals surface area contributed by atoms with Crippen LogP contribution in [-0.4, -0.2) is 29.6 Å². The van der Waals surface area contributed by atoms with Gasteiger partial charge in [0.15, 0.2) is 5.84 Å².